The topological polar surface area (TPSA) is 413 Å². The minimum atomic E-state index is -0.981. The number of primary amides is 3. The van der Waals surface area contributed by atoms with Gasteiger partial charge in [-0.05, 0) is 197 Å². The lowest BCUT2D eigenvalue weighted by Crippen LogP contribution is -2.43. The number of benzene rings is 3. The fourth-order valence-corrected chi connectivity index (χ4v) is 17.7. The molecule has 626 valence electrons. The van der Waals surface area contributed by atoms with E-state index in [1.54, 1.807) is 32.9 Å². The molecule has 9 aromatic rings. The normalized spacial score (nSPS) is 21.7. The minimum absolute atomic E-state index is 0. The number of carboxylic acid groups (broad SMARTS) is 1. The number of hydrogen-bond donors (Lipinski definition) is 8. The van der Waals surface area contributed by atoms with Crippen molar-refractivity contribution in [1.29, 1.82) is 0 Å². The van der Waals surface area contributed by atoms with E-state index >= 15 is 0 Å². The summed E-state index contributed by atoms with van der Waals surface area (Å²) >= 11 is 0. The Balaban J connectivity index is 0.000000177. The summed E-state index contributed by atoms with van der Waals surface area (Å²) in [4.78, 5) is 74.5. The van der Waals surface area contributed by atoms with Crippen LogP contribution in [0.15, 0.2) is 135 Å². The lowest BCUT2D eigenvalue weighted by Gasteiger charge is -2.45. The molecule has 31 heteroatoms. The Labute approximate surface area is 696 Å². The van der Waals surface area contributed by atoms with E-state index in [2.05, 4.69) is 107 Å². The summed E-state index contributed by atoms with van der Waals surface area (Å²) in [5.74, 6) is 0.284. The standard InChI is InChI=1S/C29H37N7O3.C27H31N7O2.C24H29N7O.C3H4O2.3CH4.2ClH/c1-28(2,3)39-27(38)34-10-9-29(17-34)12-22(13-29)36-25(30)23(26(31)37)24(33-36)21-14-32-35(16-21)15-18-5-4-6-20(11-18)19-7-8-19;1-2-22(35)32-9-8-27(16-32)11-21(12-27)34-25(28)23(26(29)36)24(31-34)20-13-30-33(15-20)14-17-4-3-5-19(10-17)18-6-7-18;25-22-20(23(26)32)21(29-31(22)19-9-24(10-19)6-7-27-14-24)18-11-28-30(13-18)12-15-2-1-3-17(8-15)16-4-5-16;1-2-3(4)5;;;;;/h4-6,11,14,16,19,22H,7-10,12-13,15,17,30H2,1-3H3,(H2,31,37);2-5,10,13,15,18,21H,1,6-9,11-12,14,16,28H2,(H2,29,36);1-3,8,11,13,16,19,27H,4-7,9-10,12,14,25H2,(H2,26,32);2H,1H2,(H,4,5);3*1H4;2*1H. The summed E-state index contributed by atoms with van der Waals surface area (Å²) in [5.41, 5.74) is 48.6. The number of ether oxygens (including phenoxy) is 1. The number of hydrogen-bond acceptors (Lipinski definition) is 17. The van der Waals surface area contributed by atoms with Crippen LogP contribution in [0.1, 0.15) is 240 Å². The van der Waals surface area contributed by atoms with Crippen molar-refractivity contribution < 1.29 is 38.6 Å². The molecule has 29 nitrogen and oxygen atoms in total. The van der Waals surface area contributed by atoms with Crippen LogP contribution in [0.5, 0.6) is 0 Å². The highest BCUT2D eigenvalue weighted by atomic mass is 35.5. The van der Waals surface area contributed by atoms with Gasteiger partial charge in [-0.25, -0.2) is 23.6 Å². The largest absolute Gasteiger partial charge is 0.478 e. The molecule has 3 aromatic carbocycles. The van der Waals surface area contributed by atoms with Gasteiger partial charge in [-0.15, -0.1) is 24.8 Å². The molecule has 9 aliphatic rings. The number of nitrogens with one attached hydrogen (secondary N) is 1. The van der Waals surface area contributed by atoms with Crippen LogP contribution in [0.2, 0.25) is 0 Å². The van der Waals surface area contributed by atoms with Crippen LogP contribution < -0.4 is 39.7 Å². The summed E-state index contributed by atoms with van der Waals surface area (Å²) < 4.78 is 16.4. The highest BCUT2D eigenvalue weighted by molar-refractivity contribution is 6.05. The Morgan fingerprint density at radius 3 is 1.15 bits per heavy atom. The van der Waals surface area contributed by atoms with E-state index < -0.39 is 29.3 Å². The summed E-state index contributed by atoms with van der Waals surface area (Å²) in [5, 5.41) is 38.9. The van der Waals surface area contributed by atoms with E-state index in [1.165, 1.54) is 84.4 Å². The molecule has 14 N–H and O–H groups in total. The van der Waals surface area contributed by atoms with Crippen LogP contribution in [0, 0.1) is 16.2 Å². The van der Waals surface area contributed by atoms with E-state index in [9.17, 15) is 28.8 Å². The number of carboxylic acids is 1. The van der Waals surface area contributed by atoms with E-state index in [0.29, 0.717) is 95.4 Å². The monoisotopic (exact) mass is 1640 g/mol. The summed E-state index contributed by atoms with van der Waals surface area (Å²) in [6, 6.07) is 26.3. The van der Waals surface area contributed by atoms with Crippen LogP contribution in [-0.2, 0) is 34.0 Å². The van der Waals surface area contributed by atoms with Gasteiger partial charge in [0.1, 0.15) is 56.8 Å². The van der Waals surface area contributed by atoms with Crippen LogP contribution in [0.3, 0.4) is 0 Å². The van der Waals surface area contributed by atoms with Gasteiger partial charge >= 0.3 is 12.1 Å². The fraction of sp³-hybridized carbons (Fsp3) is 0.465. The second-order valence-corrected chi connectivity index (χ2v) is 33.6. The van der Waals surface area contributed by atoms with Crippen molar-refractivity contribution >= 4 is 78.0 Å². The Hall–Kier alpha value is -11.0. The fourth-order valence-electron chi connectivity index (χ4n) is 17.7. The second kappa shape index (κ2) is 35.4. The smallest absolute Gasteiger partial charge is 0.410 e. The molecule has 0 unspecified atom stereocenters. The van der Waals surface area contributed by atoms with Gasteiger partial charge < -0.3 is 59.4 Å². The van der Waals surface area contributed by atoms with Crippen LogP contribution in [-0.4, -0.2) is 154 Å². The molecule has 3 spiro atoms. The predicted octanol–water partition coefficient (Wildman–Crippen LogP) is 13.1. The second-order valence-electron chi connectivity index (χ2n) is 33.6. The molecule has 0 radical (unpaired) electrons. The molecule has 9 fully saturated rings. The Bertz CT molecular complexity index is 5120. The maximum atomic E-state index is 12.5. The first kappa shape index (κ1) is 88.3. The molecule has 3 aliphatic heterocycles. The van der Waals surface area contributed by atoms with Crippen molar-refractivity contribution in [3.05, 3.63) is 185 Å². The SMILES string of the molecule is C.C.C.C=CC(=O)N1CCC2(CC(n3nc(-c4cnn(Cc5cccc(C6CC6)c5)c4)c(C(N)=O)c3N)C2)C1.C=CC(=O)O.CC(C)(C)OC(=O)N1CCC2(CC(n3nc(-c4cnn(Cc5cccc(C6CC6)c5)c4)c(C(N)=O)c3N)C2)C1.Cl.Cl.NC(=O)c1c(-c2cnn(Cc3cccc(C4CC4)c3)c2)nn(C2CC3(CCNC3)C2)c1N. The Kier molecular flexibility index (Phi) is 26.7. The summed E-state index contributed by atoms with van der Waals surface area (Å²) in [6.07, 6.45) is 28.9. The number of anilines is 3. The number of nitrogens with two attached hydrogens (primary N) is 6. The van der Waals surface area contributed by atoms with E-state index in [1.807, 2.05) is 63.0 Å². The third-order valence-electron chi connectivity index (χ3n) is 23.9. The van der Waals surface area contributed by atoms with Crippen molar-refractivity contribution in [2.24, 2.45) is 33.4 Å². The average Bonchev–Trinajstić information content (AvgIpc) is 1.60. The van der Waals surface area contributed by atoms with E-state index in [0.717, 1.165) is 95.1 Å². The quantitative estimate of drug-likeness (QED) is 0.0329. The highest BCUT2D eigenvalue weighted by Crippen LogP contribution is 2.57. The Morgan fingerprint density at radius 2 is 0.855 bits per heavy atom. The molecule has 0 bridgehead atoms. The molecule has 18 rings (SSSR count). The van der Waals surface area contributed by atoms with Gasteiger partial charge in [-0.2, -0.15) is 30.6 Å². The molecule has 9 heterocycles. The highest BCUT2D eigenvalue weighted by Gasteiger charge is 2.53. The molecule has 6 aromatic heterocycles. The number of halogens is 2. The van der Waals surface area contributed by atoms with Gasteiger partial charge in [0.25, 0.3) is 17.7 Å². The van der Waals surface area contributed by atoms with Crippen LogP contribution in [0.25, 0.3) is 33.8 Å². The first-order valence-corrected chi connectivity index (χ1v) is 39.0. The maximum Gasteiger partial charge on any atom is 0.410 e. The van der Waals surface area contributed by atoms with E-state index in [-0.39, 0.29) is 105 Å². The first-order valence-electron chi connectivity index (χ1n) is 39.0. The van der Waals surface area contributed by atoms with Gasteiger partial charge in [0.05, 0.1) is 56.4 Å². The van der Waals surface area contributed by atoms with Gasteiger partial charge in [-0.1, -0.05) is 108 Å². The number of amides is 5. The number of carbonyl (C=O) groups is 6. The average molecular weight is 1640 g/mol. The number of carbonyl (C=O) groups excluding carboxylic acids is 5. The molecule has 6 aliphatic carbocycles. The summed E-state index contributed by atoms with van der Waals surface area (Å²) in [6.45, 7) is 19.0. The molecular weight excluding hydrogens is 1530 g/mol. The molecule has 6 saturated carbocycles. The number of nitrogen functional groups attached to an aromatic ring is 3. The van der Waals surface area contributed by atoms with Gasteiger partial charge in [0.2, 0.25) is 5.91 Å². The summed E-state index contributed by atoms with van der Waals surface area (Å²) in [7, 11) is 0. The van der Waals surface area contributed by atoms with Crippen LogP contribution >= 0.6 is 24.8 Å². The maximum absolute atomic E-state index is 12.5. The number of nitrogens with zero attached hydrogens (tertiary/aromatic N) is 14. The third-order valence-corrected chi connectivity index (χ3v) is 23.9. The molecule has 117 heavy (non-hydrogen) atoms. The van der Waals surface area contributed by atoms with Crippen molar-refractivity contribution in [2.45, 2.75) is 200 Å². The Morgan fingerprint density at radius 1 is 0.521 bits per heavy atom. The van der Waals surface area contributed by atoms with Gasteiger partial charge in [0, 0.05) is 74.1 Å². The molecule has 3 saturated heterocycles. The van der Waals surface area contributed by atoms with Gasteiger partial charge in [-0.3, -0.25) is 33.2 Å². The van der Waals surface area contributed by atoms with Crippen molar-refractivity contribution in [2.75, 3.05) is 56.5 Å². The number of likely N-dealkylation sites (tertiary alicyclic amines) is 2. The molecule has 5 amide bonds. The first-order chi connectivity index (χ1) is 53.6. The zero-order valence-corrected chi connectivity index (χ0v) is 66.4. The molecule has 0 atom stereocenters. The molecular formula is C86H115Cl2N21O8. The third kappa shape index (κ3) is 19.2. The lowest BCUT2D eigenvalue weighted by molar-refractivity contribution is -0.131. The van der Waals surface area contributed by atoms with Crippen LogP contribution in [0.4, 0.5) is 22.2 Å². The number of rotatable bonds is 20. The van der Waals surface area contributed by atoms with Gasteiger partial charge in [0.15, 0.2) is 0 Å². The van der Waals surface area contributed by atoms with Crippen molar-refractivity contribution in [1.82, 2.24) is 73.8 Å². The lowest BCUT2D eigenvalue weighted by atomic mass is 9.65. The number of aromatic nitrogens is 12. The predicted molar refractivity (Wildman–Crippen MR) is 458 cm³/mol. The van der Waals surface area contributed by atoms with E-state index in [4.69, 9.17) is 59.5 Å². The van der Waals surface area contributed by atoms with Crippen molar-refractivity contribution in [3.8, 4) is 33.8 Å². The zero-order chi connectivity index (χ0) is 78.7. The van der Waals surface area contributed by atoms with Crippen molar-refractivity contribution in [3.63, 3.8) is 0 Å². The zero-order valence-electron chi connectivity index (χ0n) is 64.7. The minimum Gasteiger partial charge on any atom is -0.478 e. The number of aliphatic carboxylic acids is 1.